The maximum Gasteiger partial charge on any atom is 0.310 e. The molecule has 0 saturated heterocycles. The molecule has 98 valence electrons. The van der Waals surface area contributed by atoms with Crippen LogP contribution >= 0.6 is 0 Å². The normalized spacial score (nSPS) is 19.0. The fourth-order valence-corrected chi connectivity index (χ4v) is 2.59. The van der Waals surface area contributed by atoms with E-state index in [0.29, 0.717) is 11.1 Å². The third kappa shape index (κ3) is 2.71. The minimum atomic E-state index is -1.38. The van der Waals surface area contributed by atoms with Crippen LogP contribution in [0.3, 0.4) is 0 Å². The first-order chi connectivity index (χ1) is 9.00. The molecule has 1 aromatic carbocycles. The highest BCUT2D eigenvalue weighted by Gasteiger charge is 2.20. The molecule has 2 rings (SSSR count). The summed E-state index contributed by atoms with van der Waals surface area (Å²) in [4.78, 5) is 23.1. The Bertz CT molecular complexity index is 611. The molecule has 0 radical (unpaired) electrons. The minimum Gasteiger partial charge on any atom is -0.481 e. The number of ketones is 1. The van der Waals surface area contributed by atoms with Gasteiger partial charge in [0, 0.05) is 11.0 Å². The van der Waals surface area contributed by atoms with Crippen LogP contribution in [0.15, 0.2) is 46.7 Å². The molecule has 0 aliphatic carbocycles. The molecule has 4 nitrogen and oxygen atoms in total. The highest BCUT2D eigenvalue weighted by Crippen LogP contribution is 2.20. The summed E-state index contributed by atoms with van der Waals surface area (Å²) in [6.07, 6.45) is 3.12. The summed E-state index contributed by atoms with van der Waals surface area (Å²) in [5.74, 6) is -1.83. The van der Waals surface area contributed by atoms with Gasteiger partial charge >= 0.3 is 5.97 Å². The van der Waals surface area contributed by atoms with Gasteiger partial charge in [-0.2, -0.15) is 0 Å². The fraction of sp³-hybridized carbons (Fsp3) is 0.143. The van der Waals surface area contributed by atoms with Crippen LogP contribution in [0.25, 0.3) is 0 Å². The summed E-state index contributed by atoms with van der Waals surface area (Å²) >= 11 is 0. The van der Waals surface area contributed by atoms with Gasteiger partial charge in [0.2, 0.25) is 5.78 Å². The van der Waals surface area contributed by atoms with Crippen LogP contribution in [0.4, 0.5) is 0 Å². The highest BCUT2D eigenvalue weighted by molar-refractivity contribution is 7.93. The molecule has 0 amide bonds. The van der Waals surface area contributed by atoms with Gasteiger partial charge in [-0.25, -0.2) is 4.21 Å². The molecule has 1 N–H and O–H groups in total. The van der Waals surface area contributed by atoms with Gasteiger partial charge in [0.15, 0.2) is 0 Å². The van der Waals surface area contributed by atoms with Crippen molar-refractivity contribution in [3.8, 4) is 0 Å². The smallest absolute Gasteiger partial charge is 0.310 e. The van der Waals surface area contributed by atoms with Crippen molar-refractivity contribution in [3.05, 3.63) is 57.9 Å². The van der Waals surface area contributed by atoms with Crippen LogP contribution in [0.5, 0.6) is 0 Å². The third-order valence-electron chi connectivity index (χ3n) is 2.93. The van der Waals surface area contributed by atoms with Crippen LogP contribution < -0.4 is 0 Å². The molecular weight excluding hydrogens is 264 g/mol. The van der Waals surface area contributed by atoms with Gasteiger partial charge in [-0.15, -0.1) is 0 Å². The number of aliphatic carboxylic acids is 1. The van der Waals surface area contributed by atoms with Gasteiger partial charge in [-0.3, -0.25) is 9.59 Å². The summed E-state index contributed by atoms with van der Waals surface area (Å²) in [6.45, 7) is 1.58. The maximum absolute atomic E-state index is 12.1. The number of allylic oxidation sites excluding steroid dienone is 3. The molecule has 19 heavy (non-hydrogen) atoms. The van der Waals surface area contributed by atoms with Gasteiger partial charge in [0.05, 0.1) is 21.6 Å². The van der Waals surface area contributed by atoms with E-state index in [4.69, 9.17) is 5.11 Å². The van der Waals surface area contributed by atoms with Crippen molar-refractivity contribution in [2.24, 2.45) is 0 Å². The molecule has 5 heteroatoms. The summed E-state index contributed by atoms with van der Waals surface area (Å²) in [5.41, 5.74) is 1.04. The first kappa shape index (κ1) is 13.4. The highest BCUT2D eigenvalue weighted by atomic mass is 32.2. The lowest BCUT2D eigenvalue weighted by molar-refractivity contribution is -0.138. The van der Waals surface area contributed by atoms with Gasteiger partial charge in [0.25, 0.3) is 0 Å². The number of hydrogen-bond donors (Lipinski definition) is 1. The van der Waals surface area contributed by atoms with Crippen molar-refractivity contribution in [3.63, 3.8) is 0 Å². The molecule has 0 spiro atoms. The first-order valence-electron chi connectivity index (χ1n) is 5.67. The number of carbonyl (C=O) groups excluding carboxylic acids is 1. The molecule has 1 aromatic rings. The van der Waals surface area contributed by atoms with Crippen molar-refractivity contribution in [2.75, 3.05) is 0 Å². The van der Waals surface area contributed by atoms with Crippen molar-refractivity contribution in [1.29, 1.82) is 0 Å². The topological polar surface area (TPSA) is 71.4 Å². The van der Waals surface area contributed by atoms with Crippen molar-refractivity contribution in [1.82, 2.24) is 0 Å². The molecule has 2 unspecified atom stereocenters. The fourth-order valence-electron chi connectivity index (χ4n) is 1.71. The number of carbonyl (C=O) groups is 2. The molecule has 1 aliphatic rings. The Morgan fingerprint density at radius 3 is 2.32 bits per heavy atom. The van der Waals surface area contributed by atoms with Gasteiger partial charge in [0.1, 0.15) is 0 Å². The van der Waals surface area contributed by atoms with E-state index in [0.717, 1.165) is 0 Å². The zero-order valence-electron chi connectivity index (χ0n) is 10.2. The zero-order chi connectivity index (χ0) is 14.0. The van der Waals surface area contributed by atoms with Crippen molar-refractivity contribution >= 4 is 22.6 Å². The predicted molar refractivity (Wildman–Crippen MR) is 72.2 cm³/mol. The lowest BCUT2D eigenvalue weighted by atomic mass is 9.99. The van der Waals surface area contributed by atoms with E-state index in [1.54, 1.807) is 37.3 Å². The Kier molecular flexibility index (Phi) is 3.76. The number of rotatable bonds is 4. The van der Waals surface area contributed by atoms with E-state index >= 15 is 0 Å². The Balaban J connectivity index is 2.22. The molecule has 0 saturated carbocycles. The Hall–Kier alpha value is -2.01. The number of benzene rings is 1. The average molecular weight is 276 g/mol. The average Bonchev–Trinajstić information content (AvgIpc) is 2.83. The minimum absolute atomic E-state index is 0.249. The summed E-state index contributed by atoms with van der Waals surface area (Å²) in [5, 5.41) is 10.3. The van der Waals surface area contributed by atoms with Crippen LogP contribution in [-0.2, 0) is 15.6 Å². The Labute approximate surface area is 112 Å². The predicted octanol–water partition coefficient (Wildman–Crippen LogP) is 2.22. The first-order valence-corrected chi connectivity index (χ1v) is 6.88. The second-order valence-electron chi connectivity index (χ2n) is 4.17. The van der Waals surface area contributed by atoms with Crippen molar-refractivity contribution < 1.29 is 18.9 Å². The van der Waals surface area contributed by atoms with Gasteiger partial charge in [-0.1, -0.05) is 30.3 Å². The van der Waals surface area contributed by atoms with E-state index < -0.39 is 22.7 Å². The number of carboxylic acids is 1. The summed E-state index contributed by atoms with van der Waals surface area (Å²) in [7, 11) is -1.38. The molecule has 0 bridgehead atoms. The summed E-state index contributed by atoms with van der Waals surface area (Å²) in [6, 6.07) is 6.34. The zero-order valence-corrected chi connectivity index (χ0v) is 11.0. The molecule has 0 fully saturated rings. The molecule has 0 aromatic heterocycles. The quantitative estimate of drug-likeness (QED) is 0.856. The SMILES string of the molecule is CC(C(=O)O)c1ccc(C(=O)C2=CC=CS2=O)cc1. The van der Waals surface area contributed by atoms with E-state index in [1.165, 1.54) is 11.5 Å². The number of hydrogen-bond acceptors (Lipinski definition) is 3. The summed E-state index contributed by atoms with van der Waals surface area (Å²) < 4.78 is 11.5. The number of carboxylic acid groups (broad SMARTS) is 1. The monoisotopic (exact) mass is 276 g/mol. The number of Topliss-reactive ketones (excluding diaryl/α,β-unsaturated/α-hetero) is 1. The molecule has 2 atom stereocenters. The van der Waals surface area contributed by atoms with E-state index in [1.807, 2.05) is 0 Å². The van der Waals surface area contributed by atoms with E-state index in [2.05, 4.69) is 0 Å². The van der Waals surface area contributed by atoms with Crippen LogP contribution in [-0.4, -0.2) is 21.1 Å². The Morgan fingerprint density at radius 2 is 1.84 bits per heavy atom. The molecular formula is C14H12O4S. The lowest BCUT2D eigenvalue weighted by Gasteiger charge is -2.07. The van der Waals surface area contributed by atoms with Gasteiger partial charge < -0.3 is 5.11 Å². The van der Waals surface area contributed by atoms with E-state index in [-0.39, 0.29) is 10.7 Å². The van der Waals surface area contributed by atoms with E-state index in [9.17, 15) is 13.8 Å². The van der Waals surface area contributed by atoms with Crippen LogP contribution in [0, 0.1) is 0 Å². The third-order valence-corrected chi connectivity index (χ3v) is 4.09. The maximum atomic E-state index is 12.1. The standard InChI is InChI=1S/C14H12O4S/c1-9(14(16)17)10-4-6-11(7-5-10)13(15)12-3-2-8-19(12)18/h2-9H,1H3,(H,16,17). The van der Waals surface area contributed by atoms with Gasteiger partial charge in [-0.05, 0) is 18.6 Å². The van der Waals surface area contributed by atoms with Crippen molar-refractivity contribution in [2.45, 2.75) is 12.8 Å². The largest absolute Gasteiger partial charge is 0.481 e. The van der Waals surface area contributed by atoms with Crippen LogP contribution in [0.1, 0.15) is 28.8 Å². The lowest BCUT2D eigenvalue weighted by Crippen LogP contribution is -2.09. The second kappa shape index (κ2) is 5.32. The molecule has 1 heterocycles. The Morgan fingerprint density at radius 1 is 1.21 bits per heavy atom. The second-order valence-corrected chi connectivity index (χ2v) is 5.47. The molecule has 1 aliphatic heterocycles. The van der Waals surface area contributed by atoms with Crippen LogP contribution in [0.2, 0.25) is 0 Å².